The lowest BCUT2D eigenvalue weighted by Crippen LogP contribution is -2.47. The Kier molecular flexibility index (Phi) is 10.9. The van der Waals surface area contributed by atoms with Gasteiger partial charge in [-0.2, -0.15) is 0 Å². The number of hydrogen-bond acceptors (Lipinski definition) is 2. The van der Waals surface area contributed by atoms with Crippen LogP contribution in [-0.2, 0) is 0 Å². The third kappa shape index (κ3) is 6.90. The lowest BCUT2D eigenvalue weighted by molar-refractivity contribution is 0.197. The van der Waals surface area contributed by atoms with E-state index in [1.54, 1.807) is 4.90 Å². The fourth-order valence-corrected chi connectivity index (χ4v) is 1.56. The zero-order chi connectivity index (χ0) is 11.8. The molecular weight excluding hydrogens is 226 g/mol. The number of nitrogens with two attached hydrogens (primary N) is 1. The first-order valence-electron chi connectivity index (χ1n) is 5.80. The molecule has 0 bridgehead atoms. The second-order valence-electron chi connectivity index (χ2n) is 4.18. The van der Waals surface area contributed by atoms with Crippen molar-refractivity contribution < 1.29 is 4.79 Å². The number of halogens is 1. The molecule has 0 saturated heterocycles. The fourth-order valence-electron chi connectivity index (χ4n) is 1.56. The number of hydrogen-bond donors (Lipinski definition) is 2. The lowest BCUT2D eigenvalue weighted by atomic mass is 10.0. The van der Waals surface area contributed by atoms with Crippen LogP contribution in [0.5, 0.6) is 0 Å². The summed E-state index contributed by atoms with van der Waals surface area (Å²) in [6.07, 6.45) is 0.934. The molecule has 16 heavy (non-hydrogen) atoms. The van der Waals surface area contributed by atoms with Crippen LogP contribution < -0.4 is 11.1 Å². The summed E-state index contributed by atoms with van der Waals surface area (Å²) < 4.78 is 0. The molecule has 0 rings (SSSR count). The van der Waals surface area contributed by atoms with E-state index in [9.17, 15) is 4.79 Å². The van der Waals surface area contributed by atoms with Gasteiger partial charge in [-0.3, -0.25) is 0 Å². The van der Waals surface area contributed by atoms with Crippen LogP contribution in [0.3, 0.4) is 0 Å². The molecule has 0 aromatic heterocycles. The van der Waals surface area contributed by atoms with Crippen molar-refractivity contribution in [1.82, 2.24) is 10.2 Å². The maximum Gasteiger partial charge on any atom is 0.317 e. The van der Waals surface area contributed by atoms with E-state index in [-0.39, 0.29) is 24.5 Å². The molecule has 98 valence electrons. The van der Waals surface area contributed by atoms with Crippen LogP contribution >= 0.6 is 12.4 Å². The second-order valence-corrected chi connectivity index (χ2v) is 4.18. The summed E-state index contributed by atoms with van der Waals surface area (Å²) in [5, 5.41) is 2.96. The Labute approximate surface area is 105 Å². The van der Waals surface area contributed by atoms with Gasteiger partial charge in [0, 0.05) is 25.7 Å². The summed E-state index contributed by atoms with van der Waals surface area (Å²) in [6, 6.07) is 0.0919. The van der Waals surface area contributed by atoms with Gasteiger partial charge in [0.15, 0.2) is 0 Å². The maximum atomic E-state index is 11.7. The van der Waals surface area contributed by atoms with Crippen LogP contribution in [0.2, 0.25) is 0 Å². The first kappa shape index (κ1) is 17.9. The number of carbonyl (C=O) groups excluding carboxylic acids is 1. The summed E-state index contributed by atoms with van der Waals surface area (Å²) >= 11 is 0. The number of amides is 2. The average molecular weight is 252 g/mol. The molecule has 4 nitrogen and oxygen atoms in total. The molecule has 0 aliphatic heterocycles. The van der Waals surface area contributed by atoms with Crippen molar-refractivity contribution in [1.29, 1.82) is 0 Å². The van der Waals surface area contributed by atoms with Gasteiger partial charge in [0.05, 0.1) is 0 Å². The first-order chi connectivity index (χ1) is 7.04. The third-order valence-corrected chi connectivity index (χ3v) is 2.42. The fraction of sp³-hybridized carbons (Fsp3) is 0.909. The summed E-state index contributed by atoms with van der Waals surface area (Å²) in [4.78, 5) is 13.5. The molecule has 1 unspecified atom stereocenters. The van der Waals surface area contributed by atoms with Crippen molar-refractivity contribution in [3.05, 3.63) is 0 Å². The Balaban J connectivity index is 0. The minimum absolute atomic E-state index is 0. The van der Waals surface area contributed by atoms with Crippen LogP contribution in [0.15, 0.2) is 0 Å². The number of carbonyl (C=O) groups is 1. The van der Waals surface area contributed by atoms with E-state index in [1.807, 2.05) is 13.8 Å². The van der Waals surface area contributed by atoms with Gasteiger partial charge in [-0.25, -0.2) is 4.79 Å². The quantitative estimate of drug-likeness (QED) is 0.757. The van der Waals surface area contributed by atoms with Gasteiger partial charge in [-0.15, -0.1) is 12.4 Å². The normalized spacial score (nSPS) is 11.9. The number of nitrogens with one attached hydrogen (secondary N) is 1. The van der Waals surface area contributed by atoms with Gasteiger partial charge in [0.1, 0.15) is 0 Å². The Morgan fingerprint density at radius 3 is 2.12 bits per heavy atom. The smallest absolute Gasteiger partial charge is 0.317 e. The van der Waals surface area contributed by atoms with Crippen molar-refractivity contribution in [2.75, 3.05) is 19.6 Å². The highest BCUT2D eigenvalue weighted by Gasteiger charge is 2.15. The van der Waals surface area contributed by atoms with Crippen molar-refractivity contribution in [2.24, 2.45) is 11.7 Å². The Morgan fingerprint density at radius 1 is 1.31 bits per heavy atom. The van der Waals surface area contributed by atoms with E-state index < -0.39 is 0 Å². The summed E-state index contributed by atoms with van der Waals surface area (Å²) in [5.74, 6) is 0.551. The van der Waals surface area contributed by atoms with E-state index in [2.05, 4.69) is 19.2 Å². The second kappa shape index (κ2) is 9.73. The van der Waals surface area contributed by atoms with Gasteiger partial charge in [0.25, 0.3) is 0 Å². The highest BCUT2D eigenvalue weighted by Crippen LogP contribution is 2.04. The summed E-state index contributed by atoms with van der Waals surface area (Å²) in [7, 11) is 0. The Bertz CT molecular complexity index is 184. The molecule has 0 radical (unpaired) electrons. The average Bonchev–Trinajstić information content (AvgIpc) is 2.17. The van der Waals surface area contributed by atoms with E-state index in [0.29, 0.717) is 12.5 Å². The molecule has 2 amide bonds. The zero-order valence-electron chi connectivity index (χ0n) is 10.8. The number of rotatable bonds is 6. The number of nitrogens with zero attached hydrogens (tertiary/aromatic N) is 1. The van der Waals surface area contributed by atoms with Gasteiger partial charge in [-0.1, -0.05) is 13.8 Å². The minimum atomic E-state index is -0.00361. The molecule has 0 aromatic carbocycles. The molecule has 0 spiro atoms. The predicted octanol–water partition coefficient (Wildman–Crippen LogP) is 1.83. The number of urea groups is 1. The zero-order valence-corrected chi connectivity index (χ0v) is 11.6. The van der Waals surface area contributed by atoms with E-state index >= 15 is 0 Å². The Hall–Kier alpha value is -0.480. The molecule has 5 heteroatoms. The lowest BCUT2D eigenvalue weighted by Gasteiger charge is -2.24. The molecule has 3 N–H and O–H groups in total. The predicted molar refractivity (Wildman–Crippen MR) is 71.0 cm³/mol. The van der Waals surface area contributed by atoms with E-state index in [4.69, 9.17) is 5.73 Å². The highest BCUT2D eigenvalue weighted by molar-refractivity contribution is 5.85. The van der Waals surface area contributed by atoms with Gasteiger partial charge < -0.3 is 16.0 Å². The van der Waals surface area contributed by atoms with Crippen LogP contribution in [0.25, 0.3) is 0 Å². The van der Waals surface area contributed by atoms with Gasteiger partial charge in [0.2, 0.25) is 0 Å². The summed E-state index contributed by atoms with van der Waals surface area (Å²) in [6.45, 7) is 10.2. The van der Waals surface area contributed by atoms with Gasteiger partial charge in [-0.05, 0) is 26.2 Å². The van der Waals surface area contributed by atoms with Crippen LogP contribution in [0.4, 0.5) is 4.79 Å². The van der Waals surface area contributed by atoms with E-state index in [1.165, 1.54) is 0 Å². The van der Waals surface area contributed by atoms with Crippen LogP contribution in [0, 0.1) is 5.92 Å². The molecule has 0 fully saturated rings. The highest BCUT2D eigenvalue weighted by atomic mass is 35.5. The van der Waals surface area contributed by atoms with Crippen molar-refractivity contribution in [3.8, 4) is 0 Å². The molecule has 0 heterocycles. The van der Waals surface area contributed by atoms with Crippen molar-refractivity contribution in [2.45, 2.75) is 40.2 Å². The Morgan fingerprint density at radius 2 is 1.81 bits per heavy atom. The van der Waals surface area contributed by atoms with Crippen LogP contribution in [0.1, 0.15) is 34.1 Å². The third-order valence-electron chi connectivity index (χ3n) is 2.42. The van der Waals surface area contributed by atoms with Crippen LogP contribution in [-0.4, -0.2) is 36.6 Å². The maximum absolute atomic E-state index is 11.7. The molecular formula is C11H26ClN3O. The van der Waals surface area contributed by atoms with Crippen molar-refractivity contribution in [3.63, 3.8) is 0 Å². The minimum Gasteiger partial charge on any atom is -0.334 e. The van der Waals surface area contributed by atoms with E-state index in [0.717, 1.165) is 19.5 Å². The molecule has 0 aliphatic rings. The van der Waals surface area contributed by atoms with Gasteiger partial charge >= 0.3 is 6.03 Å². The standard InChI is InChI=1S/C11H25N3O.ClH/c1-5-14(6-2)11(15)13-10(8-12)7-9(3)4;/h9-10H,5-8,12H2,1-4H3,(H,13,15);1H. The van der Waals surface area contributed by atoms with Crippen molar-refractivity contribution >= 4 is 18.4 Å². The topological polar surface area (TPSA) is 58.4 Å². The monoisotopic (exact) mass is 251 g/mol. The molecule has 0 aliphatic carbocycles. The molecule has 0 aromatic rings. The molecule has 0 saturated carbocycles. The largest absolute Gasteiger partial charge is 0.334 e. The SMILES string of the molecule is CCN(CC)C(=O)NC(CN)CC(C)C.Cl. The summed E-state index contributed by atoms with van der Waals surface area (Å²) in [5.41, 5.74) is 5.62. The molecule has 1 atom stereocenters. The first-order valence-corrected chi connectivity index (χ1v) is 5.80.